The summed E-state index contributed by atoms with van der Waals surface area (Å²) in [5.74, 6) is -0.0991. The van der Waals surface area contributed by atoms with Gasteiger partial charge in [0.05, 0.1) is 25.2 Å². The third-order valence-corrected chi connectivity index (χ3v) is 4.47. The average molecular weight is 337 g/mol. The fourth-order valence-corrected chi connectivity index (χ4v) is 2.95. The Labute approximate surface area is 137 Å². The molecule has 23 heavy (non-hydrogen) atoms. The van der Waals surface area contributed by atoms with Crippen LogP contribution in [0.5, 0.6) is 0 Å². The molecule has 1 fully saturated rings. The third-order valence-electron chi connectivity index (χ3n) is 3.79. The van der Waals surface area contributed by atoms with Gasteiger partial charge in [0, 0.05) is 17.5 Å². The molecule has 7 nitrogen and oxygen atoms in total. The quantitative estimate of drug-likeness (QED) is 0.663. The Morgan fingerprint density at radius 1 is 1.39 bits per heavy atom. The molecule has 0 saturated heterocycles. The van der Waals surface area contributed by atoms with E-state index in [2.05, 4.69) is 15.6 Å². The lowest BCUT2D eigenvalue weighted by Crippen LogP contribution is -2.49. The van der Waals surface area contributed by atoms with Crippen molar-refractivity contribution >= 4 is 28.3 Å². The number of aromatic nitrogens is 1. The maximum Gasteiger partial charge on any atom is 0.229 e. The van der Waals surface area contributed by atoms with Crippen molar-refractivity contribution in [2.45, 2.75) is 37.5 Å². The summed E-state index contributed by atoms with van der Waals surface area (Å²) in [6, 6.07) is -0.355. The molecule has 3 N–H and O–H groups in total. The van der Waals surface area contributed by atoms with E-state index in [4.69, 9.17) is 4.74 Å². The summed E-state index contributed by atoms with van der Waals surface area (Å²) in [7, 11) is 0. The van der Waals surface area contributed by atoms with E-state index in [1.807, 2.05) is 0 Å². The first-order valence-electron chi connectivity index (χ1n) is 7.60. The maximum atomic E-state index is 11.9. The molecule has 2 amide bonds. The normalized spacial score (nSPS) is 26.7. The average Bonchev–Trinajstić information content (AvgIpc) is 3.27. The summed E-state index contributed by atoms with van der Waals surface area (Å²) < 4.78 is 5.71. The van der Waals surface area contributed by atoms with Gasteiger partial charge in [0.1, 0.15) is 6.10 Å². The Bertz CT molecular complexity index is 586. The molecule has 0 radical (unpaired) electrons. The van der Waals surface area contributed by atoms with Crippen LogP contribution in [-0.2, 0) is 14.3 Å². The Kier molecular flexibility index (Phi) is 5.04. The highest BCUT2D eigenvalue weighted by atomic mass is 32.1. The van der Waals surface area contributed by atoms with E-state index in [1.165, 1.54) is 11.3 Å². The van der Waals surface area contributed by atoms with Gasteiger partial charge in [0.15, 0.2) is 5.13 Å². The van der Waals surface area contributed by atoms with E-state index >= 15 is 0 Å². The number of carbonyl (C=O) groups excluding carboxylic acids is 2. The van der Waals surface area contributed by atoms with Crippen molar-refractivity contribution in [1.82, 2.24) is 10.3 Å². The highest BCUT2D eigenvalue weighted by molar-refractivity contribution is 7.13. The van der Waals surface area contributed by atoms with Crippen molar-refractivity contribution in [3.05, 3.63) is 23.7 Å². The van der Waals surface area contributed by atoms with Gasteiger partial charge >= 0.3 is 0 Å². The zero-order chi connectivity index (χ0) is 16.2. The van der Waals surface area contributed by atoms with Gasteiger partial charge in [-0.1, -0.05) is 12.2 Å². The highest BCUT2D eigenvalue weighted by Gasteiger charge is 2.34. The molecule has 0 bridgehead atoms. The van der Waals surface area contributed by atoms with Crippen LogP contribution in [0.1, 0.15) is 19.3 Å². The van der Waals surface area contributed by atoms with Gasteiger partial charge in [-0.05, 0) is 12.8 Å². The number of aliphatic hydroxyl groups excluding tert-OH is 1. The first-order chi connectivity index (χ1) is 11.2. The lowest BCUT2D eigenvalue weighted by molar-refractivity contribution is -0.126. The minimum Gasteiger partial charge on any atom is -0.394 e. The summed E-state index contributed by atoms with van der Waals surface area (Å²) >= 11 is 1.34. The van der Waals surface area contributed by atoms with Crippen LogP contribution in [0.4, 0.5) is 5.13 Å². The van der Waals surface area contributed by atoms with E-state index in [0.717, 1.165) is 12.8 Å². The van der Waals surface area contributed by atoms with Crippen LogP contribution in [0.3, 0.4) is 0 Å². The number of nitrogens with zero attached hydrogens (tertiary/aromatic N) is 1. The third kappa shape index (κ3) is 4.37. The first-order valence-corrected chi connectivity index (χ1v) is 8.48. The molecule has 1 saturated carbocycles. The number of hydrogen-bond donors (Lipinski definition) is 3. The van der Waals surface area contributed by atoms with Crippen molar-refractivity contribution < 1.29 is 19.4 Å². The molecule has 1 aromatic rings. The van der Waals surface area contributed by atoms with E-state index in [1.54, 1.807) is 23.7 Å². The Balaban J connectivity index is 1.53. The largest absolute Gasteiger partial charge is 0.394 e. The molecular weight excluding hydrogens is 318 g/mol. The standard InChI is InChI=1S/C15H19N3O4S/c19-8-12-11(17-14(21)9-1-2-9)4-3-10(22-12)7-13(20)18-15-16-5-6-23-15/h3-6,9-12,19H,1-2,7-8H2,(H,17,21)(H,16,18,20)/t10-,11+,12+/m1/s1. The second-order valence-corrected chi connectivity index (χ2v) is 6.57. The Morgan fingerprint density at radius 2 is 2.22 bits per heavy atom. The number of hydrogen-bond acceptors (Lipinski definition) is 6. The topological polar surface area (TPSA) is 101 Å². The second kappa shape index (κ2) is 7.20. The van der Waals surface area contributed by atoms with Gasteiger partial charge < -0.3 is 20.5 Å². The second-order valence-electron chi connectivity index (χ2n) is 5.68. The summed E-state index contributed by atoms with van der Waals surface area (Å²) in [6.45, 7) is -0.218. The molecule has 8 heteroatoms. The number of aliphatic hydroxyl groups is 1. The smallest absolute Gasteiger partial charge is 0.229 e. The predicted molar refractivity (Wildman–Crippen MR) is 84.9 cm³/mol. The molecule has 124 valence electrons. The van der Waals surface area contributed by atoms with Crippen molar-refractivity contribution in [1.29, 1.82) is 0 Å². The zero-order valence-corrected chi connectivity index (χ0v) is 13.3. The number of carbonyl (C=O) groups is 2. The Morgan fingerprint density at radius 3 is 2.87 bits per heavy atom. The fraction of sp³-hybridized carbons (Fsp3) is 0.533. The van der Waals surface area contributed by atoms with Crippen molar-refractivity contribution in [3.8, 4) is 0 Å². The van der Waals surface area contributed by atoms with E-state index in [9.17, 15) is 14.7 Å². The van der Waals surface area contributed by atoms with E-state index in [0.29, 0.717) is 5.13 Å². The molecule has 2 aliphatic rings. The van der Waals surface area contributed by atoms with Gasteiger partial charge in [0.25, 0.3) is 0 Å². The number of thiazole rings is 1. The highest BCUT2D eigenvalue weighted by Crippen LogP contribution is 2.29. The van der Waals surface area contributed by atoms with Crippen LogP contribution in [-0.4, -0.2) is 46.8 Å². The van der Waals surface area contributed by atoms with Crippen LogP contribution in [0.25, 0.3) is 0 Å². The monoisotopic (exact) mass is 337 g/mol. The van der Waals surface area contributed by atoms with Crippen LogP contribution in [0.15, 0.2) is 23.7 Å². The van der Waals surface area contributed by atoms with Gasteiger partial charge in [-0.15, -0.1) is 11.3 Å². The SMILES string of the molecule is O=C(C[C@H]1C=C[C@H](NC(=O)C2CC2)[C@H](CO)O1)Nc1nccs1. The minimum atomic E-state index is -0.541. The van der Waals surface area contributed by atoms with Gasteiger partial charge in [0.2, 0.25) is 11.8 Å². The van der Waals surface area contributed by atoms with Crippen LogP contribution in [0.2, 0.25) is 0 Å². The Hall–Kier alpha value is -1.77. The number of nitrogens with one attached hydrogen (secondary N) is 2. The molecule has 1 aliphatic heterocycles. The van der Waals surface area contributed by atoms with Crippen molar-refractivity contribution in [3.63, 3.8) is 0 Å². The lowest BCUT2D eigenvalue weighted by Gasteiger charge is -2.31. The molecule has 2 heterocycles. The number of anilines is 1. The van der Waals surface area contributed by atoms with Crippen LogP contribution >= 0.6 is 11.3 Å². The number of ether oxygens (including phenoxy) is 1. The summed E-state index contributed by atoms with van der Waals surface area (Å²) in [4.78, 5) is 27.7. The minimum absolute atomic E-state index is 0.00154. The predicted octanol–water partition coefficient (Wildman–Crippen LogP) is 0.682. The molecule has 0 unspecified atom stereocenters. The van der Waals surface area contributed by atoms with Crippen molar-refractivity contribution in [2.24, 2.45) is 5.92 Å². The van der Waals surface area contributed by atoms with E-state index in [-0.39, 0.29) is 36.8 Å². The molecule has 3 rings (SSSR count). The lowest BCUT2D eigenvalue weighted by atomic mass is 10.0. The fourth-order valence-electron chi connectivity index (χ4n) is 2.40. The van der Waals surface area contributed by atoms with Crippen LogP contribution in [0, 0.1) is 5.92 Å². The molecule has 0 aromatic carbocycles. The van der Waals surface area contributed by atoms with Gasteiger partial charge in [-0.2, -0.15) is 0 Å². The van der Waals surface area contributed by atoms with Gasteiger partial charge in [-0.25, -0.2) is 4.98 Å². The maximum absolute atomic E-state index is 11.9. The summed E-state index contributed by atoms with van der Waals surface area (Å²) in [6.07, 6.45) is 6.18. The molecule has 0 spiro atoms. The van der Waals surface area contributed by atoms with Crippen LogP contribution < -0.4 is 10.6 Å². The summed E-state index contributed by atoms with van der Waals surface area (Å²) in [5.41, 5.74) is 0. The van der Waals surface area contributed by atoms with Crippen molar-refractivity contribution in [2.75, 3.05) is 11.9 Å². The molecule has 3 atom stereocenters. The zero-order valence-electron chi connectivity index (χ0n) is 12.5. The molecular formula is C15H19N3O4S. The number of amides is 2. The van der Waals surface area contributed by atoms with Gasteiger partial charge in [-0.3, -0.25) is 9.59 Å². The molecule has 1 aromatic heterocycles. The number of rotatable bonds is 6. The summed E-state index contributed by atoms with van der Waals surface area (Å²) in [5, 5.41) is 17.4. The molecule has 1 aliphatic carbocycles. The van der Waals surface area contributed by atoms with E-state index < -0.39 is 12.2 Å². The first kappa shape index (κ1) is 16.1.